The number of nitrogens with zero attached hydrogens (tertiary/aromatic N) is 2. The van der Waals surface area contributed by atoms with E-state index in [0.717, 1.165) is 5.71 Å². The van der Waals surface area contributed by atoms with Gasteiger partial charge in [-0.25, -0.2) is 9.98 Å². The first kappa shape index (κ1) is 13.6. The number of alkyl halides is 1. The maximum atomic E-state index is 5.79. The summed E-state index contributed by atoms with van der Waals surface area (Å²) in [5, 5.41) is -1.09. The van der Waals surface area contributed by atoms with Crippen LogP contribution in [0.5, 0.6) is 0 Å². The summed E-state index contributed by atoms with van der Waals surface area (Å²) in [6, 6.07) is 0. The van der Waals surface area contributed by atoms with Crippen LogP contribution in [-0.4, -0.2) is 23.3 Å². The van der Waals surface area contributed by atoms with E-state index in [1.165, 1.54) is 7.11 Å². The standard InChI is InChI=1S/C9H14Cl2N2O/c1-5-6-7(2)12-8(10)13-9(3,11)14-4/h5-6H,1-4H3/b6-5-,12-7?,13-8?. The maximum Gasteiger partial charge on any atom is 0.236 e. The van der Waals surface area contributed by atoms with Crippen molar-refractivity contribution in [2.75, 3.05) is 7.11 Å². The molecule has 0 aliphatic rings. The van der Waals surface area contributed by atoms with Crippen molar-refractivity contribution >= 4 is 34.2 Å². The fourth-order valence-electron chi connectivity index (χ4n) is 0.659. The van der Waals surface area contributed by atoms with Crippen molar-refractivity contribution < 1.29 is 4.74 Å². The van der Waals surface area contributed by atoms with Gasteiger partial charge in [-0.1, -0.05) is 17.7 Å². The quantitative estimate of drug-likeness (QED) is 0.321. The predicted molar refractivity (Wildman–Crippen MR) is 62.5 cm³/mol. The third kappa shape index (κ3) is 6.13. The average Bonchev–Trinajstić information content (AvgIpc) is 2.03. The van der Waals surface area contributed by atoms with E-state index in [1.54, 1.807) is 6.92 Å². The SMILES string of the molecule is C/C=C\C(C)=NC(Cl)=NC(C)(Cl)OC. The van der Waals surface area contributed by atoms with Crippen LogP contribution in [0, 0.1) is 0 Å². The summed E-state index contributed by atoms with van der Waals surface area (Å²) in [5.41, 5.74) is 0.754. The lowest BCUT2D eigenvalue weighted by Crippen LogP contribution is -2.16. The van der Waals surface area contributed by atoms with E-state index in [4.69, 9.17) is 27.9 Å². The molecule has 3 nitrogen and oxygen atoms in total. The van der Waals surface area contributed by atoms with Gasteiger partial charge in [0.25, 0.3) is 0 Å². The van der Waals surface area contributed by atoms with Crippen molar-refractivity contribution in [2.45, 2.75) is 26.0 Å². The van der Waals surface area contributed by atoms with Gasteiger partial charge in [0, 0.05) is 19.7 Å². The Morgan fingerprint density at radius 3 is 2.50 bits per heavy atom. The summed E-state index contributed by atoms with van der Waals surface area (Å²) < 4.78 is 4.86. The summed E-state index contributed by atoms with van der Waals surface area (Å²) in [4.78, 5) is 7.83. The molecule has 0 radical (unpaired) electrons. The molecule has 1 unspecified atom stereocenters. The van der Waals surface area contributed by atoms with Crippen LogP contribution in [0.4, 0.5) is 0 Å². The molecule has 14 heavy (non-hydrogen) atoms. The molecule has 0 saturated heterocycles. The van der Waals surface area contributed by atoms with Gasteiger partial charge in [-0.3, -0.25) is 0 Å². The Labute approximate surface area is 94.5 Å². The zero-order valence-corrected chi connectivity index (χ0v) is 10.2. The van der Waals surface area contributed by atoms with Crippen molar-refractivity contribution in [3.05, 3.63) is 12.2 Å². The molecular formula is C9H14Cl2N2O. The first-order chi connectivity index (χ1) is 6.41. The molecule has 0 aromatic heterocycles. The van der Waals surface area contributed by atoms with Crippen molar-refractivity contribution in [3.63, 3.8) is 0 Å². The predicted octanol–water partition coefficient (Wildman–Crippen LogP) is 3.18. The van der Waals surface area contributed by atoms with Crippen LogP contribution in [-0.2, 0) is 4.74 Å². The summed E-state index contributed by atoms with van der Waals surface area (Å²) in [7, 11) is 1.45. The van der Waals surface area contributed by atoms with Gasteiger partial charge in [0.15, 0.2) is 0 Å². The first-order valence-corrected chi connectivity index (χ1v) is 4.84. The van der Waals surface area contributed by atoms with Crippen LogP contribution in [0.2, 0.25) is 0 Å². The molecule has 0 aromatic carbocycles. The Hall–Kier alpha value is -0.380. The number of hydrogen-bond donors (Lipinski definition) is 0. The second-order valence-electron chi connectivity index (χ2n) is 2.71. The van der Waals surface area contributed by atoms with Crippen LogP contribution in [0.3, 0.4) is 0 Å². The van der Waals surface area contributed by atoms with Gasteiger partial charge in [-0.15, -0.1) is 0 Å². The van der Waals surface area contributed by atoms with Crippen molar-refractivity contribution in [3.8, 4) is 0 Å². The third-order valence-corrected chi connectivity index (χ3v) is 1.75. The number of methoxy groups -OCH3 is 1. The van der Waals surface area contributed by atoms with E-state index in [0.29, 0.717) is 0 Å². The zero-order chi connectivity index (χ0) is 11.2. The van der Waals surface area contributed by atoms with E-state index >= 15 is 0 Å². The van der Waals surface area contributed by atoms with Crippen LogP contribution in [0.1, 0.15) is 20.8 Å². The smallest absolute Gasteiger partial charge is 0.236 e. The number of allylic oxidation sites excluding steroid dienone is 2. The normalized spacial score (nSPS) is 18.7. The fraction of sp³-hybridized carbons (Fsp3) is 0.556. The van der Waals surface area contributed by atoms with Gasteiger partial charge >= 0.3 is 0 Å². The lowest BCUT2D eigenvalue weighted by molar-refractivity contribution is 0.0883. The minimum absolute atomic E-state index is 0.0694. The van der Waals surface area contributed by atoms with E-state index in [2.05, 4.69) is 9.98 Å². The minimum Gasteiger partial charge on any atom is -0.345 e. The van der Waals surface area contributed by atoms with Crippen molar-refractivity contribution in [1.82, 2.24) is 0 Å². The molecule has 0 spiro atoms. The van der Waals surface area contributed by atoms with Gasteiger partial charge in [0.05, 0.1) is 0 Å². The number of amidine groups is 1. The van der Waals surface area contributed by atoms with Crippen LogP contribution in [0.25, 0.3) is 0 Å². The number of ether oxygens (including phenoxy) is 1. The molecule has 0 heterocycles. The molecule has 0 aliphatic heterocycles. The largest absolute Gasteiger partial charge is 0.345 e. The Morgan fingerprint density at radius 2 is 2.07 bits per heavy atom. The molecule has 0 amide bonds. The molecule has 1 atom stereocenters. The molecule has 0 fully saturated rings. The van der Waals surface area contributed by atoms with Crippen LogP contribution >= 0.6 is 23.2 Å². The molecule has 5 heteroatoms. The topological polar surface area (TPSA) is 34.0 Å². The monoisotopic (exact) mass is 236 g/mol. The maximum absolute atomic E-state index is 5.79. The highest BCUT2D eigenvalue weighted by Crippen LogP contribution is 2.17. The summed E-state index contributed by atoms with van der Waals surface area (Å²) in [6.07, 6.45) is 3.68. The Morgan fingerprint density at radius 1 is 1.50 bits per heavy atom. The second kappa shape index (κ2) is 6.17. The third-order valence-electron chi connectivity index (χ3n) is 1.34. The molecule has 0 saturated carbocycles. The molecular weight excluding hydrogens is 223 g/mol. The van der Waals surface area contributed by atoms with Gasteiger partial charge in [0.1, 0.15) is 0 Å². The van der Waals surface area contributed by atoms with Gasteiger partial charge in [0.2, 0.25) is 10.5 Å². The highest BCUT2D eigenvalue weighted by Gasteiger charge is 2.17. The van der Waals surface area contributed by atoms with Crippen LogP contribution in [0.15, 0.2) is 22.1 Å². The Kier molecular flexibility index (Phi) is 6.00. The van der Waals surface area contributed by atoms with Crippen molar-refractivity contribution in [1.29, 1.82) is 0 Å². The minimum atomic E-state index is -1.16. The highest BCUT2D eigenvalue weighted by atomic mass is 35.5. The van der Waals surface area contributed by atoms with Crippen molar-refractivity contribution in [2.24, 2.45) is 9.98 Å². The highest BCUT2D eigenvalue weighted by molar-refractivity contribution is 6.66. The zero-order valence-electron chi connectivity index (χ0n) is 8.71. The Bertz CT molecular complexity index is 270. The molecule has 0 N–H and O–H groups in total. The summed E-state index contributed by atoms with van der Waals surface area (Å²) >= 11 is 11.5. The Balaban J connectivity index is 4.63. The van der Waals surface area contributed by atoms with Gasteiger partial charge in [-0.2, -0.15) is 0 Å². The molecule has 0 bridgehead atoms. The molecule has 0 rings (SSSR count). The fourth-order valence-corrected chi connectivity index (χ4v) is 1.08. The van der Waals surface area contributed by atoms with Gasteiger partial charge in [-0.05, 0) is 31.5 Å². The van der Waals surface area contributed by atoms with Gasteiger partial charge < -0.3 is 4.74 Å². The average molecular weight is 237 g/mol. The summed E-state index contributed by atoms with van der Waals surface area (Å²) in [6.45, 7) is 5.29. The van der Waals surface area contributed by atoms with E-state index in [-0.39, 0.29) is 5.29 Å². The van der Waals surface area contributed by atoms with E-state index in [1.807, 2.05) is 26.0 Å². The van der Waals surface area contributed by atoms with E-state index < -0.39 is 5.18 Å². The number of rotatable bonds is 3. The van der Waals surface area contributed by atoms with E-state index in [9.17, 15) is 0 Å². The number of aliphatic imine (C=N–C) groups is 2. The molecule has 0 aliphatic carbocycles. The lowest BCUT2D eigenvalue weighted by Gasteiger charge is -2.13. The number of hydrogen-bond acceptors (Lipinski definition) is 2. The van der Waals surface area contributed by atoms with Crippen LogP contribution < -0.4 is 0 Å². The number of halogens is 2. The second-order valence-corrected chi connectivity index (χ2v) is 3.75. The molecule has 80 valence electrons. The lowest BCUT2D eigenvalue weighted by atomic mass is 10.4. The first-order valence-electron chi connectivity index (χ1n) is 4.08. The summed E-state index contributed by atoms with van der Waals surface area (Å²) in [5.74, 6) is 0. The molecule has 0 aromatic rings.